The molecule has 1 fully saturated rings. The van der Waals surface area contributed by atoms with Gasteiger partial charge in [0.2, 0.25) is 11.1 Å². The molecule has 7 heteroatoms. The van der Waals surface area contributed by atoms with Crippen molar-refractivity contribution in [1.82, 2.24) is 20.1 Å². The lowest BCUT2D eigenvalue weighted by Crippen LogP contribution is -2.27. The van der Waals surface area contributed by atoms with Crippen molar-refractivity contribution in [2.75, 3.05) is 13.1 Å². The number of carbonyl (C=O) groups is 1. The van der Waals surface area contributed by atoms with E-state index in [2.05, 4.69) is 15.2 Å². The van der Waals surface area contributed by atoms with E-state index in [0.717, 1.165) is 31.0 Å². The lowest BCUT2D eigenvalue weighted by molar-refractivity contribution is -0.127. The van der Waals surface area contributed by atoms with Crippen LogP contribution in [0.3, 0.4) is 0 Å². The van der Waals surface area contributed by atoms with E-state index in [1.807, 2.05) is 43.0 Å². The molecule has 2 aromatic rings. The first-order chi connectivity index (χ1) is 10.7. The molecule has 1 atom stereocenters. The predicted octanol–water partition coefficient (Wildman–Crippen LogP) is 2.59. The van der Waals surface area contributed by atoms with Gasteiger partial charge in [-0.3, -0.25) is 9.89 Å². The highest BCUT2D eigenvalue weighted by Crippen LogP contribution is 2.28. The standard InChI is InChI=1S/C15H18N4O2S/c1-3-19-9-8-12(14(19)20)22-15-16-13(17-18-15)7-6-11-5-4-10(2)21-11/h4-7,12H,3,8-9H2,1-2H3,(H,16,17,18)/b7-6+. The van der Waals surface area contributed by atoms with Crippen LogP contribution in [0.5, 0.6) is 0 Å². The second kappa shape index (κ2) is 6.39. The zero-order chi connectivity index (χ0) is 15.5. The number of hydrogen-bond donors (Lipinski definition) is 1. The van der Waals surface area contributed by atoms with Crippen LogP contribution in [0.4, 0.5) is 0 Å². The van der Waals surface area contributed by atoms with Crippen LogP contribution in [0, 0.1) is 6.92 Å². The molecule has 0 aliphatic carbocycles. The van der Waals surface area contributed by atoms with E-state index < -0.39 is 0 Å². The Bertz CT molecular complexity index is 691. The molecule has 2 aromatic heterocycles. The van der Waals surface area contributed by atoms with Gasteiger partial charge in [-0.2, -0.15) is 0 Å². The zero-order valence-corrected chi connectivity index (χ0v) is 13.4. The number of furan rings is 1. The minimum atomic E-state index is -0.0692. The first-order valence-electron chi connectivity index (χ1n) is 7.28. The molecule has 0 bridgehead atoms. The number of hydrogen-bond acceptors (Lipinski definition) is 5. The topological polar surface area (TPSA) is 75.0 Å². The minimum absolute atomic E-state index is 0.0692. The third-order valence-corrected chi connectivity index (χ3v) is 4.64. The van der Waals surface area contributed by atoms with E-state index in [4.69, 9.17) is 4.42 Å². The van der Waals surface area contributed by atoms with E-state index in [1.54, 1.807) is 0 Å². The zero-order valence-electron chi connectivity index (χ0n) is 12.6. The van der Waals surface area contributed by atoms with E-state index >= 15 is 0 Å². The molecule has 1 amide bonds. The fourth-order valence-electron chi connectivity index (χ4n) is 2.35. The average molecular weight is 318 g/mol. The Morgan fingerprint density at radius 2 is 2.36 bits per heavy atom. The summed E-state index contributed by atoms with van der Waals surface area (Å²) in [6, 6.07) is 3.81. The quantitative estimate of drug-likeness (QED) is 0.917. The number of thioether (sulfide) groups is 1. The maximum absolute atomic E-state index is 12.1. The van der Waals surface area contributed by atoms with Gasteiger partial charge >= 0.3 is 0 Å². The molecule has 1 aliphatic rings. The van der Waals surface area contributed by atoms with Crippen LogP contribution >= 0.6 is 11.8 Å². The van der Waals surface area contributed by atoms with Crippen molar-refractivity contribution in [2.24, 2.45) is 0 Å². The maximum atomic E-state index is 12.1. The number of nitrogens with zero attached hydrogens (tertiary/aromatic N) is 3. The third kappa shape index (κ3) is 3.24. The number of carbonyl (C=O) groups excluding carboxylic acids is 1. The Morgan fingerprint density at radius 3 is 3.05 bits per heavy atom. The highest BCUT2D eigenvalue weighted by molar-refractivity contribution is 8.00. The molecule has 3 rings (SSSR count). The van der Waals surface area contributed by atoms with Gasteiger partial charge in [0.05, 0.1) is 5.25 Å². The molecular weight excluding hydrogens is 300 g/mol. The van der Waals surface area contributed by atoms with Crippen molar-refractivity contribution in [3.05, 3.63) is 29.5 Å². The summed E-state index contributed by atoms with van der Waals surface area (Å²) in [5, 5.41) is 7.55. The van der Waals surface area contributed by atoms with Gasteiger partial charge in [0, 0.05) is 13.1 Å². The van der Waals surface area contributed by atoms with Crippen molar-refractivity contribution in [3.63, 3.8) is 0 Å². The summed E-state index contributed by atoms with van der Waals surface area (Å²) in [6.07, 6.45) is 4.49. The minimum Gasteiger partial charge on any atom is -0.462 e. The first kappa shape index (κ1) is 14.9. The molecule has 1 N–H and O–H groups in total. The lowest BCUT2D eigenvalue weighted by Gasteiger charge is -2.12. The van der Waals surface area contributed by atoms with Crippen LogP contribution in [-0.4, -0.2) is 44.3 Å². The Morgan fingerprint density at radius 1 is 1.50 bits per heavy atom. The van der Waals surface area contributed by atoms with Gasteiger partial charge in [0.1, 0.15) is 17.3 Å². The van der Waals surface area contributed by atoms with Crippen molar-refractivity contribution >= 4 is 29.8 Å². The Balaban J connectivity index is 1.62. The molecule has 6 nitrogen and oxygen atoms in total. The predicted molar refractivity (Wildman–Crippen MR) is 85.3 cm³/mol. The summed E-state index contributed by atoms with van der Waals surface area (Å²) in [6.45, 7) is 5.48. The normalized spacial score (nSPS) is 18.7. The number of aromatic nitrogens is 3. The molecule has 0 spiro atoms. The molecule has 0 aromatic carbocycles. The molecule has 0 saturated carbocycles. The largest absolute Gasteiger partial charge is 0.462 e. The highest BCUT2D eigenvalue weighted by Gasteiger charge is 2.32. The number of nitrogens with one attached hydrogen (secondary N) is 1. The number of H-pyrrole nitrogens is 1. The van der Waals surface area contributed by atoms with Crippen LogP contribution in [0.2, 0.25) is 0 Å². The van der Waals surface area contributed by atoms with Crippen LogP contribution in [0.15, 0.2) is 21.7 Å². The van der Waals surface area contributed by atoms with E-state index in [-0.39, 0.29) is 11.2 Å². The van der Waals surface area contributed by atoms with Gasteiger partial charge in [0.25, 0.3) is 0 Å². The molecule has 1 aliphatic heterocycles. The summed E-state index contributed by atoms with van der Waals surface area (Å²) >= 11 is 1.42. The molecule has 3 heterocycles. The summed E-state index contributed by atoms with van der Waals surface area (Å²) in [5.41, 5.74) is 0. The molecule has 1 saturated heterocycles. The number of aromatic amines is 1. The van der Waals surface area contributed by atoms with E-state index in [0.29, 0.717) is 11.0 Å². The molecule has 116 valence electrons. The lowest BCUT2D eigenvalue weighted by atomic mass is 10.4. The highest BCUT2D eigenvalue weighted by atomic mass is 32.2. The van der Waals surface area contributed by atoms with Gasteiger partial charge < -0.3 is 9.32 Å². The van der Waals surface area contributed by atoms with Gasteiger partial charge in [-0.15, -0.1) is 5.10 Å². The number of rotatable bonds is 5. The van der Waals surface area contributed by atoms with Gasteiger partial charge in [-0.1, -0.05) is 11.8 Å². The van der Waals surface area contributed by atoms with Gasteiger partial charge in [-0.25, -0.2) is 4.98 Å². The Hall–Kier alpha value is -2.02. The Kier molecular flexibility index (Phi) is 4.33. The van der Waals surface area contributed by atoms with Crippen molar-refractivity contribution in [2.45, 2.75) is 30.7 Å². The second-order valence-corrected chi connectivity index (χ2v) is 6.27. The average Bonchev–Trinajstić information content (AvgIpc) is 3.20. The molecule has 22 heavy (non-hydrogen) atoms. The maximum Gasteiger partial charge on any atom is 0.236 e. The SMILES string of the molecule is CCN1CCC(Sc2n[nH]c(/C=C/c3ccc(C)o3)n2)C1=O. The first-order valence-corrected chi connectivity index (χ1v) is 8.16. The van der Waals surface area contributed by atoms with Crippen LogP contribution < -0.4 is 0 Å². The van der Waals surface area contributed by atoms with Crippen molar-refractivity contribution in [3.8, 4) is 0 Å². The third-order valence-electron chi connectivity index (χ3n) is 3.53. The van der Waals surface area contributed by atoms with Crippen LogP contribution in [0.25, 0.3) is 12.2 Å². The summed E-state index contributed by atoms with van der Waals surface area (Å²) in [4.78, 5) is 18.3. The summed E-state index contributed by atoms with van der Waals surface area (Å²) < 4.78 is 5.45. The second-order valence-electron chi connectivity index (χ2n) is 5.10. The molecule has 1 unspecified atom stereocenters. The van der Waals surface area contributed by atoms with Gasteiger partial charge in [0.15, 0.2) is 0 Å². The van der Waals surface area contributed by atoms with Crippen molar-refractivity contribution < 1.29 is 9.21 Å². The molecule has 0 radical (unpaired) electrons. The Labute approximate surface area is 133 Å². The number of amides is 1. The molecular formula is C15H18N4O2S. The smallest absolute Gasteiger partial charge is 0.236 e. The number of likely N-dealkylation sites (tertiary alicyclic amines) is 1. The fourth-order valence-corrected chi connectivity index (χ4v) is 3.33. The van der Waals surface area contributed by atoms with Crippen LogP contribution in [-0.2, 0) is 4.79 Å². The summed E-state index contributed by atoms with van der Waals surface area (Å²) in [5.74, 6) is 2.47. The van der Waals surface area contributed by atoms with Gasteiger partial charge in [-0.05, 0) is 44.6 Å². The summed E-state index contributed by atoms with van der Waals surface area (Å²) in [7, 11) is 0. The van der Waals surface area contributed by atoms with E-state index in [1.165, 1.54) is 11.8 Å². The van der Waals surface area contributed by atoms with E-state index in [9.17, 15) is 4.79 Å². The van der Waals surface area contributed by atoms with Crippen LogP contribution in [0.1, 0.15) is 30.7 Å². The fraction of sp³-hybridized carbons (Fsp3) is 0.400. The monoisotopic (exact) mass is 318 g/mol. The van der Waals surface area contributed by atoms with Crippen molar-refractivity contribution in [1.29, 1.82) is 0 Å². The number of aryl methyl sites for hydroxylation is 1.